The van der Waals surface area contributed by atoms with Crippen molar-refractivity contribution in [3.63, 3.8) is 0 Å². The Morgan fingerprint density at radius 1 is 0.824 bits per heavy atom. The molecule has 182 valence electrons. The van der Waals surface area contributed by atoms with Crippen molar-refractivity contribution in [3.05, 3.63) is 35.6 Å². The molecule has 12 nitrogen and oxygen atoms in total. The topological polar surface area (TPSA) is 130 Å². The first kappa shape index (κ1) is 23.8. The molecule has 0 bridgehead atoms. The lowest BCUT2D eigenvalue weighted by Crippen LogP contribution is -2.58. The number of carbonyl (C=O) groups is 2. The molecule has 0 saturated heterocycles. The maximum absolute atomic E-state index is 12.8. The van der Waals surface area contributed by atoms with Gasteiger partial charge in [-0.2, -0.15) is 9.97 Å². The summed E-state index contributed by atoms with van der Waals surface area (Å²) in [5.41, 5.74) is 1.52. The van der Waals surface area contributed by atoms with Crippen LogP contribution in [0.1, 0.15) is 50.1 Å². The van der Waals surface area contributed by atoms with Gasteiger partial charge in [0.25, 0.3) is 11.8 Å². The fourth-order valence-electron chi connectivity index (χ4n) is 4.05. The van der Waals surface area contributed by atoms with Gasteiger partial charge in [0.1, 0.15) is 39.3 Å². The van der Waals surface area contributed by atoms with Crippen molar-refractivity contribution < 1.29 is 37.6 Å². The van der Waals surface area contributed by atoms with E-state index in [1.165, 1.54) is 0 Å². The van der Waals surface area contributed by atoms with Gasteiger partial charge in [-0.3, -0.25) is 9.68 Å². The third-order valence-corrected chi connectivity index (χ3v) is 6.60. The molecule has 0 radical (unpaired) electrons. The molecule has 34 heavy (non-hydrogen) atoms. The lowest BCUT2D eigenvalue weighted by atomic mass is 10.0. The van der Waals surface area contributed by atoms with Crippen LogP contribution in [0.2, 0.25) is 0 Å². The lowest BCUT2D eigenvalue weighted by molar-refractivity contribution is -1.09. The Bertz CT molecular complexity index is 1080. The van der Waals surface area contributed by atoms with Gasteiger partial charge < -0.3 is 9.05 Å². The monoisotopic (exact) mass is 474 g/mol. The van der Waals surface area contributed by atoms with Crippen LogP contribution in [0.3, 0.4) is 0 Å². The number of hydrogen-bond acceptors (Lipinski definition) is 10. The number of aryl methyl sites for hydroxylation is 2. The molecule has 0 amide bonds. The predicted octanol–water partition coefficient (Wildman–Crippen LogP) is 1.93. The third kappa shape index (κ3) is 4.64. The minimum atomic E-state index is -1.06. The maximum Gasteiger partial charge on any atom is 0.480 e. The summed E-state index contributed by atoms with van der Waals surface area (Å²) in [5.74, 6) is -0.337. The number of carbonyl (C=O) groups excluding carboxylic acids is 2. The zero-order valence-electron chi connectivity index (χ0n) is 20.3. The fraction of sp³-hybridized carbons (Fsp3) is 0.545. The van der Waals surface area contributed by atoms with Crippen LogP contribution in [0.25, 0.3) is 11.1 Å². The Hall–Kier alpha value is -3.38. The highest BCUT2D eigenvalue weighted by Gasteiger charge is 2.46. The molecule has 4 unspecified atom stereocenters. The van der Waals surface area contributed by atoms with E-state index in [0.29, 0.717) is 36.3 Å². The summed E-state index contributed by atoms with van der Waals surface area (Å²) in [4.78, 5) is 45.5. The van der Waals surface area contributed by atoms with Crippen molar-refractivity contribution in [1.82, 2.24) is 20.3 Å². The molecule has 2 aromatic rings. The van der Waals surface area contributed by atoms with Gasteiger partial charge in [-0.15, -0.1) is 9.29 Å². The van der Waals surface area contributed by atoms with E-state index in [2.05, 4.69) is 20.3 Å². The van der Waals surface area contributed by atoms with E-state index in [-0.39, 0.29) is 34.5 Å². The van der Waals surface area contributed by atoms with Crippen LogP contribution >= 0.6 is 0 Å². The molecule has 12 heteroatoms. The van der Waals surface area contributed by atoms with Crippen molar-refractivity contribution >= 4 is 23.1 Å². The summed E-state index contributed by atoms with van der Waals surface area (Å²) < 4.78 is 10.2. The van der Waals surface area contributed by atoms with Crippen molar-refractivity contribution in [3.8, 4) is 0 Å². The summed E-state index contributed by atoms with van der Waals surface area (Å²) in [6.07, 6.45) is 5.19. The number of nitrogens with zero attached hydrogens (tertiary/aromatic N) is 6. The summed E-state index contributed by atoms with van der Waals surface area (Å²) in [7, 11) is 3.48. The maximum atomic E-state index is 12.8. The largest absolute Gasteiger partial charge is 0.480 e. The van der Waals surface area contributed by atoms with Gasteiger partial charge in [0.2, 0.25) is 0 Å². The first-order valence-corrected chi connectivity index (χ1v) is 11.2. The van der Waals surface area contributed by atoms with E-state index in [4.69, 9.17) is 18.7 Å². The van der Waals surface area contributed by atoms with Gasteiger partial charge >= 0.3 is 11.9 Å². The Labute approximate surface area is 196 Å². The molecule has 0 fully saturated rings. The van der Waals surface area contributed by atoms with Crippen LogP contribution < -0.4 is 0 Å². The molecule has 4 rings (SSSR count). The smallest absolute Gasteiger partial charge is 0.334 e. The summed E-state index contributed by atoms with van der Waals surface area (Å²) in [6, 6.07) is -0.169. The fourth-order valence-corrected chi connectivity index (χ4v) is 4.05. The average Bonchev–Trinajstić information content (AvgIpc) is 3.40. The van der Waals surface area contributed by atoms with Crippen molar-refractivity contribution in [2.24, 2.45) is 0 Å². The highest BCUT2D eigenvalue weighted by atomic mass is 16.8. The van der Waals surface area contributed by atoms with Crippen LogP contribution in [-0.2, 0) is 19.3 Å². The SMILES string of the molecule is Cc1noc(C2=CCC(C)[N+](C)(OC(=O)C(=O)O[N+]3(C)CC(c4nc(C)no4)=CCC3C)C2)n1. The van der Waals surface area contributed by atoms with Gasteiger partial charge in [0.05, 0.1) is 11.1 Å². The molecule has 4 heterocycles. The number of aromatic nitrogens is 4. The quantitative estimate of drug-likeness (QED) is 0.478. The molecule has 0 spiro atoms. The molecule has 2 aliphatic heterocycles. The van der Waals surface area contributed by atoms with E-state index in [0.717, 1.165) is 11.1 Å². The van der Waals surface area contributed by atoms with Crippen molar-refractivity contribution in [1.29, 1.82) is 0 Å². The second kappa shape index (κ2) is 8.76. The van der Waals surface area contributed by atoms with E-state index in [1.54, 1.807) is 27.9 Å². The molecular formula is C22H30N6O6+2. The van der Waals surface area contributed by atoms with Crippen molar-refractivity contribution in [2.45, 2.75) is 52.6 Å². The van der Waals surface area contributed by atoms with E-state index >= 15 is 0 Å². The van der Waals surface area contributed by atoms with Gasteiger partial charge in [-0.25, -0.2) is 9.59 Å². The molecule has 0 aromatic carbocycles. The van der Waals surface area contributed by atoms with E-state index in [9.17, 15) is 9.59 Å². The Morgan fingerprint density at radius 2 is 1.21 bits per heavy atom. The average molecular weight is 475 g/mol. The summed E-state index contributed by atoms with van der Waals surface area (Å²) >= 11 is 0. The first-order chi connectivity index (χ1) is 16.0. The molecule has 2 aliphatic rings. The zero-order chi connectivity index (χ0) is 24.7. The molecule has 0 N–H and O–H groups in total. The molecule has 0 saturated carbocycles. The molecule has 4 atom stereocenters. The number of hydrogen-bond donors (Lipinski definition) is 0. The number of hydroxylamine groups is 6. The second-order valence-electron chi connectivity index (χ2n) is 9.34. The van der Waals surface area contributed by atoms with E-state index < -0.39 is 11.9 Å². The van der Waals surface area contributed by atoms with Crippen LogP contribution in [0, 0.1) is 13.8 Å². The number of likely N-dealkylation sites (N-methyl/N-ethyl adjacent to an activating group) is 2. The molecule has 0 aliphatic carbocycles. The minimum absolute atomic E-state index is 0.0847. The summed E-state index contributed by atoms with van der Waals surface area (Å²) in [5, 5.41) is 7.64. The first-order valence-electron chi connectivity index (χ1n) is 11.2. The normalized spacial score (nSPS) is 29.2. The van der Waals surface area contributed by atoms with Gasteiger partial charge in [-0.1, -0.05) is 22.5 Å². The predicted molar refractivity (Wildman–Crippen MR) is 116 cm³/mol. The van der Waals surface area contributed by atoms with Crippen molar-refractivity contribution in [2.75, 3.05) is 27.2 Å². The van der Waals surface area contributed by atoms with Crippen LogP contribution in [-0.4, -0.2) is 80.8 Å². The lowest BCUT2D eigenvalue weighted by Gasteiger charge is -2.39. The zero-order valence-corrected chi connectivity index (χ0v) is 20.3. The highest BCUT2D eigenvalue weighted by molar-refractivity contribution is 6.29. The van der Waals surface area contributed by atoms with Gasteiger partial charge in [0.15, 0.2) is 11.6 Å². The number of quaternary nitrogens is 2. The van der Waals surface area contributed by atoms with E-state index in [1.807, 2.05) is 26.0 Å². The van der Waals surface area contributed by atoms with Crippen LogP contribution in [0.5, 0.6) is 0 Å². The Morgan fingerprint density at radius 3 is 1.53 bits per heavy atom. The molecular weight excluding hydrogens is 444 g/mol. The minimum Gasteiger partial charge on any atom is -0.334 e. The Balaban J connectivity index is 1.44. The summed E-state index contributed by atoms with van der Waals surface area (Å²) in [6.45, 7) is 7.91. The van der Waals surface area contributed by atoms with Crippen LogP contribution in [0.15, 0.2) is 21.2 Å². The third-order valence-electron chi connectivity index (χ3n) is 6.60. The Kier molecular flexibility index (Phi) is 6.13. The molecule has 2 aromatic heterocycles. The second-order valence-corrected chi connectivity index (χ2v) is 9.34. The van der Waals surface area contributed by atoms with Gasteiger partial charge in [-0.05, 0) is 27.7 Å². The van der Waals surface area contributed by atoms with Crippen LogP contribution in [0.4, 0.5) is 0 Å². The highest BCUT2D eigenvalue weighted by Crippen LogP contribution is 2.31. The number of rotatable bonds is 4. The van der Waals surface area contributed by atoms with Gasteiger partial charge in [0, 0.05) is 12.8 Å². The standard InChI is InChI=1S/C22H30N6O6/c1-13-7-9-17(19-23-15(3)25-31-19)11-27(13,5)33-21(29)22(30)34-28(6)12-18(10-8-14(28)2)20-24-16(4)26-32-20/h9-10,13-14H,7-8,11-12H2,1-6H3/q+2.